The summed E-state index contributed by atoms with van der Waals surface area (Å²) in [5.41, 5.74) is 2.60. The predicted octanol–water partition coefficient (Wildman–Crippen LogP) is 1.75. The maximum Gasteiger partial charge on any atom is 0.201 e. The van der Waals surface area contributed by atoms with E-state index in [1.807, 2.05) is 0 Å². The van der Waals surface area contributed by atoms with Gasteiger partial charge in [0, 0.05) is 5.56 Å². The van der Waals surface area contributed by atoms with Gasteiger partial charge in [0.1, 0.15) is 0 Å². The molecule has 24 heavy (non-hydrogen) atoms. The maximum absolute atomic E-state index is 9.98. The Morgan fingerprint density at radius 3 is 2.00 bits per heavy atom. The molecule has 0 bridgehead atoms. The second-order valence-electron chi connectivity index (χ2n) is 5.18. The summed E-state index contributed by atoms with van der Waals surface area (Å²) in [6, 6.07) is 6.48. The summed E-state index contributed by atoms with van der Waals surface area (Å²) in [5.74, 6) is -0.480. The number of aliphatic hydroxyl groups is 3. The summed E-state index contributed by atoms with van der Waals surface area (Å²) < 4.78 is 4.92. The van der Waals surface area contributed by atoms with Crippen LogP contribution in [0.5, 0.6) is 17.2 Å². The summed E-state index contributed by atoms with van der Waals surface area (Å²) >= 11 is 0. The number of benzene rings is 2. The van der Waals surface area contributed by atoms with E-state index in [1.54, 1.807) is 30.4 Å². The number of hydrogen-bond donors (Lipinski definition) is 5. The lowest BCUT2D eigenvalue weighted by atomic mass is 9.98. The first kappa shape index (κ1) is 17.8. The fourth-order valence-corrected chi connectivity index (χ4v) is 2.47. The van der Waals surface area contributed by atoms with E-state index in [1.165, 1.54) is 13.2 Å². The van der Waals surface area contributed by atoms with Crippen LogP contribution in [0.3, 0.4) is 0 Å². The van der Waals surface area contributed by atoms with Crippen LogP contribution in [-0.2, 0) is 19.8 Å². The van der Waals surface area contributed by atoms with Crippen LogP contribution in [0.4, 0.5) is 0 Å². The van der Waals surface area contributed by atoms with Crippen LogP contribution in [0, 0.1) is 0 Å². The molecule has 6 heteroatoms. The molecule has 0 spiro atoms. The molecule has 0 aromatic heterocycles. The second-order valence-corrected chi connectivity index (χ2v) is 5.18. The van der Waals surface area contributed by atoms with Gasteiger partial charge in [0.25, 0.3) is 0 Å². The van der Waals surface area contributed by atoms with Gasteiger partial charge < -0.3 is 30.3 Å². The fourth-order valence-electron chi connectivity index (χ4n) is 2.47. The maximum atomic E-state index is 9.98. The molecular weight excluding hydrogens is 312 g/mol. The number of phenols is 2. The van der Waals surface area contributed by atoms with Crippen molar-refractivity contribution in [2.75, 3.05) is 7.11 Å². The van der Waals surface area contributed by atoms with E-state index < -0.39 is 0 Å². The Labute approximate surface area is 139 Å². The molecule has 0 aliphatic carbocycles. The van der Waals surface area contributed by atoms with E-state index in [2.05, 4.69) is 0 Å². The Hall–Kier alpha value is -2.54. The number of ether oxygens (including phenoxy) is 1. The molecule has 0 atom stereocenters. The van der Waals surface area contributed by atoms with Gasteiger partial charge in [-0.05, 0) is 46.5 Å². The average molecular weight is 332 g/mol. The van der Waals surface area contributed by atoms with Crippen molar-refractivity contribution in [3.05, 3.63) is 52.1 Å². The fraction of sp³-hybridized carbons (Fsp3) is 0.222. The number of aromatic hydroxyl groups is 2. The minimum Gasteiger partial charge on any atom is -0.504 e. The van der Waals surface area contributed by atoms with Crippen molar-refractivity contribution in [2.24, 2.45) is 0 Å². The van der Waals surface area contributed by atoms with Gasteiger partial charge in [-0.15, -0.1) is 0 Å². The number of hydrogen-bond acceptors (Lipinski definition) is 6. The third-order valence-corrected chi connectivity index (χ3v) is 3.78. The highest BCUT2D eigenvalue weighted by atomic mass is 16.5. The van der Waals surface area contributed by atoms with Crippen molar-refractivity contribution in [1.82, 2.24) is 0 Å². The van der Waals surface area contributed by atoms with Crippen LogP contribution in [0.25, 0.3) is 12.2 Å². The van der Waals surface area contributed by atoms with Crippen LogP contribution < -0.4 is 4.74 Å². The molecule has 0 aliphatic heterocycles. The Morgan fingerprint density at radius 1 is 0.875 bits per heavy atom. The molecule has 0 fully saturated rings. The van der Waals surface area contributed by atoms with E-state index in [4.69, 9.17) is 4.74 Å². The topological polar surface area (TPSA) is 110 Å². The molecule has 0 radical (unpaired) electrons. The summed E-state index contributed by atoms with van der Waals surface area (Å²) in [5, 5.41) is 48.0. The number of phenolic OH excluding ortho intramolecular Hbond substituents is 2. The van der Waals surface area contributed by atoms with Crippen molar-refractivity contribution in [1.29, 1.82) is 0 Å². The van der Waals surface area contributed by atoms with Gasteiger partial charge in [-0.3, -0.25) is 0 Å². The lowest BCUT2D eigenvalue weighted by Gasteiger charge is -2.12. The molecule has 0 saturated carbocycles. The molecule has 2 rings (SSSR count). The third-order valence-electron chi connectivity index (χ3n) is 3.78. The quantitative estimate of drug-likeness (QED) is 0.407. The van der Waals surface area contributed by atoms with Crippen molar-refractivity contribution in [2.45, 2.75) is 19.8 Å². The van der Waals surface area contributed by atoms with E-state index in [0.717, 1.165) is 0 Å². The third kappa shape index (κ3) is 3.51. The first-order chi connectivity index (χ1) is 11.5. The highest BCUT2D eigenvalue weighted by molar-refractivity contribution is 5.75. The van der Waals surface area contributed by atoms with Gasteiger partial charge in [-0.25, -0.2) is 0 Å². The van der Waals surface area contributed by atoms with Crippen molar-refractivity contribution in [3.8, 4) is 17.2 Å². The zero-order chi connectivity index (χ0) is 17.7. The molecule has 2 aromatic rings. The van der Waals surface area contributed by atoms with Crippen LogP contribution in [0.1, 0.15) is 27.8 Å². The molecule has 128 valence electrons. The zero-order valence-electron chi connectivity index (χ0n) is 13.2. The van der Waals surface area contributed by atoms with E-state index in [9.17, 15) is 25.5 Å². The Kier molecular flexibility index (Phi) is 5.81. The molecular formula is C18H20O6. The average Bonchev–Trinajstić information content (AvgIpc) is 2.61. The smallest absolute Gasteiger partial charge is 0.201 e. The van der Waals surface area contributed by atoms with E-state index in [-0.39, 0.29) is 37.1 Å². The predicted molar refractivity (Wildman–Crippen MR) is 89.5 cm³/mol. The summed E-state index contributed by atoms with van der Waals surface area (Å²) in [6.07, 6.45) is 3.26. The Bertz CT molecular complexity index is 726. The van der Waals surface area contributed by atoms with E-state index >= 15 is 0 Å². The van der Waals surface area contributed by atoms with Gasteiger partial charge in [-0.2, -0.15) is 0 Å². The molecule has 5 N–H and O–H groups in total. The van der Waals surface area contributed by atoms with Crippen molar-refractivity contribution < 1.29 is 30.3 Å². The number of rotatable bonds is 6. The van der Waals surface area contributed by atoms with Crippen LogP contribution in [0.15, 0.2) is 24.3 Å². The molecule has 2 aromatic carbocycles. The number of aliphatic hydroxyl groups excluding tert-OH is 3. The molecule has 0 unspecified atom stereocenters. The first-order valence-electron chi connectivity index (χ1n) is 7.29. The van der Waals surface area contributed by atoms with Gasteiger partial charge in [0.05, 0.1) is 26.9 Å². The minimum atomic E-state index is -0.345. The van der Waals surface area contributed by atoms with Crippen molar-refractivity contribution >= 4 is 12.2 Å². The second kappa shape index (κ2) is 7.83. The molecule has 0 aliphatic rings. The van der Waals surface area contributed by atoms with Gasteiger partial charge >= 0.3 is 0 Å². The summed E-state index contributed by atoms with van der Waals surface area (Å²) in [6.45, 7) is -0.804. The van der Waals surface area contributed by atoms with Crippen LogP contribution in [-0.4, -0.2) is 32.6 Å². The SMILES string of the molecule is COc1ccc(/C=C\c2cc(CO)c(CO)c(CO)c2)c(O)c1O. The first-order valence-corrected chi connectivity index (χ1v) is 7.29. The molecule has 0 saturated heterocycles. The van der Waals surface area contributed by atoms with E-state index in [0.29, 0.717) is 27.8 Å². The summed E-state index contributed by atoms with van der Waals surface area (Å²) in [4.78, 5) is 0. The highest BCUT2D eigenvalue weighted by Crippen LogP contribution is 2.38. The largest absolute Gasteiger partial charge is 0.504 e. The Balaban J connectivity index is 2.41. The van der Waals surface area contributed by atoms with Crippen molar-refractivity contribution in [3.63, 3.8) is 0 Å². The molecule has 0 heterocycles. The standard InChI is InChI=1S/C18H20O6/c1-24-16-5-4-12(17(22)18(16)23)3-2-11-6-13(8-19)15(10-21)14(7-11)9-20/h2-7,19-23H,8-10H2,1H3/b3-2-. The monoisotopic (exact) mass is 332 g/mol. The highest BCUT2D eigenvalue weighted by Gasteiger charge is 2.11. The molecule has 0 amide bonds. The van der Waals surface area contributed by atoms with Crippen LogP contribution >= 0.6 is 0 Å². The van der Waals surface area contributed by atoms with Gasteiger partial charge in [0.2, 0.25) is 5.75 Å². The normalized spacial score (nSPS) is 11.2. The van der Waals surface area contributed by atoms with Gasteiger partial charge in [-0.1, -0.05) is 12.2 Å². The summed E-state index contributed by atoms with van der Waals surface area (Å²) in [7, 11) is 1.39. The minimum absolute atomic E-state index is 0.169. The zero-order valence-corrected chi connectivity index (χ0v) is 13.2. The van der Waals surface area contributed by atoms with Gasteiger partial charge in [0.15, 0.2) is 11.5 Å². The van der Waals surface area contributed by atoms with Crippen LogP contribution in [0.2, 0.25) is 0 Å². The number of methoxy groups -OCH3 is 1. The molecule has 6 nitrogen and oxygen atoms in total. The lowest BCUT2D eigenvalue weighted by molar-refractivity contribution is 0.247. The Morgan fingerprint density at radius 2 is 1.50 bits per heavy atom. The lowest BCUT2D eigenvalue weighted by Crippen LogP contribution is -2.01.